The standard InChI is InChI=1S/C16H32N2O2/c1-7-10-18(13(4)5)11-16(14-8-9-14,15(19)20-6)17-12(2)3/h12-14,17H,7-11H2,1-6H3. The van der Waals surface area contributed by atoms with Gasteiger partial charge in [0.2, 0.25) is 0 Å². The normalized spacial score (nSPS) is 18.6. The molecular formula is C16H32N2O2. The average Bonchev–Trinajstić information content (AvgIpc) is 3.19. The van der Waals surface area contributed by atoms with Crippen molar-refractivity contribution in [3.8, 4) is 0 Å². The number of hydrogen-bond acceptors (Lipinski definition) is 4. The number of carbonyl (C=O) groups is 1. The minimum atomic E-state index is -0.539. The second kappa shape index (κ2) is 7.41. The molecule has 0 aromatic rings. The topological polar surface area (TPSA) is 41.6 Å². The number of carbonyl (C=O) groups excluding carboxylic acids is 1. The highest BCUT2D eigenvalue weighted by Crippen LogP contribution is 2.41. The van der Waals surface area contributed by atoms with Crippen LogP contribution in [0.5, 0.6) is 0 Å². The smallest absolute Gasteiger partial charge is 0.327 e. The van der Waals surface area contributed by atoms with Crippen LogP contribution in [-0.2, 0) is 9.53 Å². The van der Waals surface area contributed by atoms with E-state index in [1.807, 2.05) is 0 Å². The van der Waals surface area contributed by atoms with E-state index in [-0.39, 0.29) is 12.0 Å². The van der Waals surface area contributed by atoms with Crippen LogP contribution in [0.3, 0.4) is 0 Å². The predicted octanol–water partition coefficient (Wildman–Crippen LogP) is 2.43. The summed E-state index contributed by atoms with van der Waals surface area (Å²) in [5.41, 5.74) is -0.539. The molecule has 1 N–H and O–H groups in total. The number of rotatable bonds is 9. The van der Waals surface area contributed by atoms with E-state index in [9.17, 15) is 4.79 Å². The van der Waals surface area contributed by atoms with Gasteiger partial charge in [-0.3, -0.25) is 10.2 Å². The van der Waals surface area contributed by atoms with Crippen LogP contribution in [0.15, 0.2) is 0 Å². The summed E-state index contributed by atoms with van der Waals surface area (Å²) in [4.78, 5) is 14.9. The fourth-order valence-electron chi connectivity index (χ4n) is 2.98. The first kappa shape index (κ1) is 17.4. The van der Waals surface area contributed by atoms with E-state index in [1.165, 1.54) is 7.11 Å². The van der Waals surface area contributed by atoms with Crippen molar-refractivity contribution < 1.29 is 9.53 Å². The van der Waals surface area contributed by atoms with Gasteiger partial charge in [0.15, 0.2) is 0 Å². The minimum Gasteiger partial charge on any atom is -0.468 e. The largest absolute Gasteiger partial charge is 0.468 e. The summed E-state index contributed by atoms with van der Waals surface area (Å²) in [6.07, 6.45) is 3.33. The molecule has 0 spiro atoms. The summed E-state index contributed by atoms with van der Waals surface area (Å²) in [6, 6.07) is 0.706. The van der Waals surface area contributed by atoms with Crippen LogP contribution in [0, 0.1) is 5.92 Å². The molecule has 4 heteroatoms. The molecule has 4 nitrogen and oxygen atoms in total. The third-order valence-electron chi connectivity index (χ3n) is 4.06. The highest BCUT2D eigenvalue weighted by molar-refractivity contribution is 5.82. The Morgan fingerprint density at radius 2 is 1.95 bits per heavy atom. The Morgan fingerprint density at radius 3 is 2.30 bits per heavy atom. The molecule has 1 fully saturated rings. The maximum Gasteiger partial charge on any atom is 0.327 e. The van der Waals surface area contributed by atoms with Crippen molar-refractivity contribution in [1.82, 2.24) is 10.2 Å². The summed E-state index contributed by atoms with van der Waals surface area (Å²) in [7, 11) is 1.50. The van der Waals surface area contributed by atoms with Crippen LogP contribution >= 0.6 is 0 Å². The van der Waals surface area contributed by atoms with E-state index in [1.54, 1.807) is 0 Å². The van der Waals surface area contributed by atoms with Gasteiger partial charge in [0.1, 0.15) is 5.54 Å². The van der Waals surface area contributed by atoms with Crippen LogP contribution in [0.2, 0.25) is 0 Å². The quantitative estimate of drug-likeness (QED) is 0.660. The molecule has 1 atom stereocenters. The number of ether oxygens (including phenoxy) is 1. The third kappa shape index (κ3) is 4.19. The Hall–Kier alpha value is -0.610. The molecule has 0 saturated heterocycles. The van der Waals surface area contributed by atoms with Gasteiger partial charge in [-0.2, -0.15) is 0 Å². The summed E-state index contributed by atoms with van der Waals surface area (Å²) in [5.74, 6) is 0.311. The summed E-state index contributed by atoms with van der Waals surface area (Å²) >= 11 is 0. The van der Waals surface area contributed by atoms with Crippen LogP contribution in [-0.4, -0.2) is 48.7 Å². The zero-order valence-electron chi connectivity index (χ0n) is 14.0. The Kier molecular flexibility index (Phi) is 6.46. The molecule has 1 saturated carbocycles. The SMILES string of the molecule is CCCN(CC(NC(C)C)(C(=O)OC)C1CC1)C(C)C. The van der Waals surface area contributed by atoms with Crippen molar-refractivity contribution >= 4 is 5.97 Å². The first-order chi connectivity index (χ1) is 9.37. The summed E-state index contributed by atoms with van der Waals surface area (Å²) in [6.45, 7) is 12.5. The van der Waals surface area contributed by atoms with Gasteiger partial charge < -0.3 is 4.74 Å². The molecule has 0 radical (unpaired) electrons. The lowest BCUT2D eigenvalue weighted by molar-refractivity contribution is -0.151. The Morgan fingerprint density at radius 1 is 1.35 bits per heavy atom. The van der Waals surface area contributed by atoms with Gasteiger partial charge in [-0.15, -0.1) is 0 Å². The maximum absolute atomic E-state index is 12.5. The maximum atomic E-state index is 12.5. The number of nitrogens with one attached hydrogen (secondary N) is 1. The zero-order chi connectivity index (χ0) is 15.3. The highest BCUT2D eigenvalue weighted by Gasteiger charge is 2.53. The molecule has 0 amide bonds. The van der Waals surface area contributed by atoms with E-state index < -0.39 is 5.54 Å². The molecule has 118 valence electrons. The van der Waals surface area contributed by atoms with E-state index in [2.05, 4.69) is 44.8 Å². The van der Waals surface area contributed by atoms with Crippen molar-refractivity contribution in [2.45, 2.75) is 71.5 Å². The molecule has 0 bridgehead atoms. The van der Waals surface area contributed by atoms with Crippen molar-refractivity contribution in [2.24, 2.45) is 5.92 Å². The van der Waals surface area contributed by atoms with E-state index in [0.717, 1.165) is 32.4 Å². The van der Waals surface area contributed by atoms with E-state index >= 15 is 0 Å². The number of hydrogen-bond donors (Lipinski definition) is 1. The van der Waals surface area contributed by atoms with Crippen LogP contribution < -0.4 is 5.32 Å². The summed E-state index contributed by atoms with van der Waals surface area (Å²) < 4.78 is 5.15. The minimum absolute atomic E-state index is 0.101. The summed E-state index contributed by atoms with van der Waals surface area (Å²) in [5, 5.41) is 3.53. The lowest BCUT2D eigenvalue weighted by Gasteiger charge is -2.40. The molecule has 1 aliphatic carbocycles. The molecule has 0 aromatic carbocycles. The molecule has 0 aromatic heterocycles. The van der Waals surface area contributed by atoms with Crippen molar-refractivity contribution in [2.75, 3.05) is 20.2 Å². The van der Waals surface area contributed by atoms with Crippen molar-refractivity contribution in [3.05, 3.63) is 0 Å². The van der Waals surface area contributed by atoms with Crippen molar-refractivity contribution in [3.63, 3.8) is 0 Å². The second-order valence-corrected chi connectivity index (χ2v) is 6.60. The molecule has 20 heavy (non-hydrogen) atoms. The molecule has 1 rings (SSSR count). The van der Waals surface area contributed by atoms with Crippen LogP contribution in [0.1, 0.15) is 53.9 Å². The Balaban J connectivity index is 2.97. The Labute approximate surface area is 124 Å². The monoisotopic (exact) mass is 284 g/mol. The van der Waals surface area contributed by atoms with Crippen LogP contribution in [0.25, 0.3) is 0 Å². The predicted molar refractivity (Wildman–Crippen MR) is 82.7 cm³/mol. The number of esters is 1. The second-order valence-electron chi connectivity index (χ2n) is 6.60. The molecular weight excluding hydrogens is 252 g/mol. The fourth-order valence-corrected chi connectivity index (χ4v) is 2.98. The van der Waals surface area contributed by atoms with E-state index in [4.69, 9.17) is 4.74 Å². The molecule has 1 aliphatic rings. The zero-order valence-corrected chi connectivity index (χ0v) is 14.0. The lowest BCUT2D eigenvalue weighted by atomic mass is 9.90. The Bertz CT molecular complexity index is 314. The number of methoxy groups -OCH3 is 1. The van der Waals surface area contributed by atoms with Gasteiger partial charge in [-0.1, -0.05) is 6.92 Å². The highest BCUT2D eigenvalue weighted by atomic mass is 16.5. The number of nitrogens with zero attached hydrogens (tertiary/aromatic N) is 1. The van der Waals surface area contributed by atoms with Crippen LogP contribution in [0.4, 0.5) is 0 Å². The molecule has 0 aliphatic heterocycles. The first-order valence-electron chi connectivity index (χ1n) is 7.97. The first-order valence-corrected chi connectivity index (χ1v) is 7.97. The third-order valence-corrected chi connectivity index (χ3v) is 4.06. The average molecular weight is 284 g/mol. The molecule has 1 unspecified atom stereocenters. The van der Waals surface area contributed by atoms with Gasteiger partial charge in [0.05, 0.1) is 7.11 Å². The van der Waals surface area contributed by atoms with Gasteiger partial charge >= 0.3 is 5.97 Å². The van der Waals surface area contributed by atoms with E-state index in [0.29, 0.717) is 12.0 Å². The lowest BCUT2D eigenvalue weighted by Crippen LogP contribution is -2.63. The van der Waals surface area contributed by atoms with Gasteiger partial charge in [-0.25, -0.2) is 4.79 Å². The van der Waals surface area contributed by atoms with Crippen molar-refractivity contribution in [1.29, 1.82) is 0 Å². The van der Waals surface area contributed by atoms with Gasteiger partial charge in [0, 0.05) is 18.6 Å². The van der Waals surface area contributed by atoms with Gasteiger partial charge in [0.25, 0.3) is 0 Å². The molecule has 0 heterocycles. The van der Waals surface area contributed by atoms with Gasteiger partial charge in [-0.05, 0) is 59.4 Å². The fraction of sp³-hybridized carbons (Fsp3) is 0.938.